The van der Waals surface area contributed by atoms with E-state index >= 15 is 0 Å². The van der Waals surface area contributed by atoms with Gasteiger partial charge in [0, 0.05) is 104 Å². The summed E-state index contributed by atoms with van der Waals surface area (Å²) < 4.78 is 115. The largest absolute Gasteiger partial charge is 0.382 e. The van der Waals surface area contributed by atoms with E-state index in [1.54, 1.807) is 6.92 Å². The summed E-state index contributed by atoms with van der Waals surface area (Å²) in [6, 6.07) is 0. The molecule has 123 heavy (non-hydrogen) atoms. The number of nitrogens with zero attached hydrogens (tertiary/aromatic N) is 9. The summed E-state index contributed by atoms with van der Waals surface area (Å²) >= 11 is 32.9. The molecule has 13 rings (SSSR count). The maximum Gasteiger partial charge on any atom is 0.330 e. The molecule has 0 saturated carbocycles. The number of aromatic amines is 5. The average Bonchev–Trinajstić information content (AvgIpc) is 1.63. The topological polar surface area (TPSA) is 631 Å². The number of aromatic nitrogens is 14. The molecule has 7 aromatic rings. The number of hydrogen-bond donors (Lipinski definition) is 12. The van der Waals surface area contributed by atoms with Gasteiger partial charge in [0.05, 0.1) is 82.1 Å². The summed E-state index contributed by atoms with van der Waals surface area (Å²) in [7, 11) is 1.14. The van der Waals surface area contributed by atoms with E-state index in [4.69, 9.17) is 159 Å². The lowest BCUT2D eigenvalue weighted by atomic mass is 10.1. The number of hydrogen-bond acceptors (Lipinski definition) is 38. The monoisotopic (exact) mass is 1960 g/mol. The van der Waals surface area contributed by atoms with Gasteiger partial charge in [-0.1, -0.05) is 6.92 Å². The first-order valence-corrected chi connectivity index (χ1v) is 52.6. The second kappa shape index (κ2) is 38.4. The van der Waals surface area contributed by atoms with Crippen molar-refractivity contribution < 1.29 is 112 Å². The summed E-state index contributed by atoms with van der Waals surface area (Å²) in [5.74, 6) is 0.0723. The van der Waals surface area contributed by atoms with Crippen molar-refractivity contribution >= 4 is 128 Å². The smallest absolute Gasteiger partial charge is 0.330 e. The van der Waals surface area contributed by atoms with Crippen LogP contribution in [-0.4, -0.2) is 210 Å². The fourth-order valence-corrected chi connectivity index (χ4v) is 22.5. The van der Waals surface area contributed by atoms with Crippen molar-refractivity contribution in [2.24, 2.45) is 0 Å². The number of imidazole rings is 1. The summed E-state index contributed by atoms with van der Waals surface area (Å²) in [6.07, 6.45) is -15.5. The molecule has 676 valence electrons. The highest BCUT2D eigenvalue weighted by Crippen LogP contribution is 2.57. The Labute approximate surface area is 721 Å². The highest BCUT2D eigenvalue weighted by Gasteiger charge is 2.50. The van der Waals surface area contributed by atoms with Crippen LogP contribution in [0.3, 0.4) is 0 Å². The molecule has 6 fully saturated rings. The van der Waals surface area contributed by atoms with E-state index in [9.17, 15) is 77.3 Å². The molecule has 0 spiro atoms. The zero-order chi connectivity index (χ0) is 89.1. The molecule has 24 atom stereocenters. The molecule has 0 amide bonds. The van der Waals surface area contributed by atoms with Crippen LogP contribution in [-0.2, 0) is 154 Å². The molecule has 0 bridgehead atoms. The second-order valence-electron chi connectivity index (χ2n) is 28.9. The van der Waals surface area contributed by atoms with Crippen LogP contribution in [0.1, 0.15) is 117 Å². The van der Waals surface area contributed by atoms with E-state index in [2.05, 4.69) is 39.9 Å². The van der Waals surface area contributed by atoms with Crippen molar-refractivity contribution in [3.05, 3.63) is 176 Å². The highest BCUT2D eigenvalue weighted by atomic mass is 32.5. The van der Waals surface area contributed by atoms with Crippen LogP contribution < -0.4 is 62.0 Å². The highest BCUT2D eigenvalue weighted by molar-refractivity contribution is 8.08. The molecule has 61 heteroatoms. The number of nitrogen functional groups attached to an aromatic ring is 1. The Morgan fingerprint density at radius 1 is 0.374 bits per heavy atom. The van der Waals surface area contributed by atoms with Gasteiger partial charge in [-0.3, -0.25) is 76.3 Å². The van der Waals surface area contributed by atoms with Crippen molar-refractivity contribution in [1.29, 1.82) is 0 Å². The third-order valence-electron chi connectivity index (χ3n) is 20.3. The van der Waals surface area contributed by atoms with Crippen LogP contribution in [0.5, 0.6) is 0 Å². The van der Waals surface area contributed by atoms with Gasteiger partial charge in [-0.05, 0) is 112 Å². The van der Waals surface area contributed by atoms with Crippen LogP contribution in [0.25, 0.3) is 11.2 Å². The van der Waals surface area contributed by atoms with Crippen LogP contribution in [0, 0.1) is 34.6 Å². The molecule has 0 aromatic carbocycles. The number of anilines is 1. The summed E-state index contributed by atoms with van der Waals surface area (Å²) in [4.78, 5) is 223. The number of fused-ring (bicyclic) bond motifs is 1. The van der Waals surface area contributed by atoms with Gasteiger partial charge in [-0.15, -0.1) is 0 Å². The van der Waals surface area contributed by atoms with Crippen molar-refractivity contribution in [2.45, 2.75) is 197 Å². The van der Waals surface area contributed by atoms with Crippen molar-refractivity contribution in [3.8, 4) is 0 Å². The summed E-state index contributed by atoms with van der Waals surface area (Å²) in [6.45, 7) is -21.7. The lowest BCUT2D eigenvalue weighted by Crippen LogP contribution is -2.33. The van der Waals surface area contributed by atoms with E-state index in [0.29, 0.717) is 6.42 Å². The molecule has 13 N–H and O–H groups in total. The van der Waals surface area contributed by atoms with Gasteiger partial charge >= 0.3 is 68.8 Å². The minimum Gasteiger partial charge on any atom is -0.382 e. The molecular formula is C62H83N15O34P6S6. The fourth-order valence-electron chi connectivity index (χ4n) is 14.1. The first kappa shape index (κ1) is 95.3. The van der Waals surface area contributed by atoms with Gasteiger partial charge in [-0.2, -0.15) is 0 Å². The molecule has 6 saturated heterocycles. The van der Waals surface area contributed by atoms with Gasteiger partial charge < -0.3 is 118 Å². The maximum atomic E-state index is 13.5. The van der Waals surface area contributed by atoms with Crippen LogP contribution in [0.15, 0.2) is 91.6 Å². The lowest BCUT2D eigenvalue weighted by Gasteiger charge is -2.28. The number of H-pyrrole nitrogens is 5. The minimum absolute atomic E-state index is 0.0236. The Kier molecular flexibility index (Phi) is 29.7. The van der Waals surface area contributed by atoms with Crippen LogP contribution in [0.2, 0.25) is 0 Å². The Morgan fingerprint density at radius 2 is 0.602 bits per heavy atom. The van der Waals surface area contributed by atoms with Gasteiger partial charge in [0.25, 0.3) is 27.8 Å². The molecular weight excluding hydrogens is 1880 g/mol. The Bertz CT molecular complexity index is 6130. The molecule has 49 nitrogen and oxygen atoms in total. The standard InChI is InChI=1S/C62H83N15O34P6S6/c1-8-32-33(9-44(100-32)72-15-27(2)53(78)67-58(72)83)107-113(89,119)95-21-40-35(10-45(101-40)73-16-28(3)54(79)68-59(73)84)109-115(91,121)97-23-42-37(12-47(103-42)75-18-30(5)56(81)70-61(75)86)111-117(93,123)99-24-43-38(13-48(104-43)76-19-31(6)57(82)71-62(76)87)110-116(92,122)98-22-41-36(11-46(102-41)74-17-29(4)55(80)69-60(74)85)108-114(90,120)96-20-39-34(106-112(88,118)94-7)14-49(105-39)77-26-66-50-51(63)64-25-65-52(50)77/h15-19,25-26,32-49H,8-14,20-24H2,1-7H3,(H,88,118)(H,89,119)(H,90,120)(H,91,121)(H,92,122)(H,93,123)(H2,63,64,65)(H,67,78,83)(H,68,79,84)(H,69,80,85)(H,70,81,86)(H,71,82,87)/t32-,33-,34-,35-,36-,37-,38-,39-,40-,41-,42-,43-,44-,45-,46-,47-,48-,49-,112?,113?,114?,115?,116?,117?/m1/s1. The van der Waals surface area contributed by atoms with Crippen molar-refractivity contribution in [2.75, 3.05) is 45.9 Å². The zero-order valence-electron chi connectivity index (χ0n) is 65.3. The minimum atomic E-state index is -4.74. The first-order valence-electron chi connectivity index (χ1n) is 37.0. The third-order valence-corrected chi connectivity index (χ3v) is 30.0. The molecule has 6 aliphatic rings. The lowest BCUT2D eigenvalue weighted by molar-refractivity contribution is -0.0576. The molecule has 13 heterocycles. The van der Waals surface area contributed by atoms with Gasteiger partial charge in [0.15, 0.2) is 11.5 Å². The SMILES string of the molecule is CC[C@H]1O[C@@H](n2cc(C)c(=O)[nH]c2=O)C[C@H]1OP(O)(=S)OC[C@H]1O[C@@H](n2cc(C)c(=O)[nH]c2=O)C[C@H]1OP(O)(=S)OC[C@H]1O[C@@H](n2cc(C)c(=O)[nH]c2=O)C[C@H]1OP(O)(=S)OC[C@H]1O[C@@H](n2cc(C)c(=O)[nH]c2=O)C[C@H]1OP(O)(=S)OC[C@H]1O[C@@H](n2cc(C)c(=O)[nH]c2=O)C[C@H]1OP(O)(=S)OC[C@H]1O[C@@H](n2cnc3c(N)ncnc32)C[C@H]1OP(O)(=S)OC. The zero-order valence-corrected chi connectivity index (χ0v) is 75.5. The van der Waals surface area contributed by atoms with E-state index in [0.717, 1.165) is 29.9 Å². The summed E-state index contributed by atoms with van der Waals surface area (Å²) in [5.41, 5.74) is -1.06. The van der Waals surface area contributed by atoms with E-state index in [1.807, 2.05) is 0 Å². The average molecular weight is 1960 g/mol. The summed E-state index contributed by atoms with van der Waals surface area (Å²) in [5, 5.41) is 0. The molecule has 7 aromatic heterocycles. The second-order valence-corrected chi connectivity index (χ2v) is 45.8. The maximum absolute atomic E-state index is 13.5. The van der Waals surface area contributed by atoms with Crippen molar-refractivity contribution in [1.82, 2.24) is 67.3 Å². The number of aryl methyl sites for hydroxylation is 5. The number of nitrogens with two attached hydrogens (primary N) is 1. The van der Waals surface area contributed by atoms with Gasteiger partial charge in [0.2, 0.25) is 0 Å². The van der Waals surface area contributed by atoms with Gasteiger partial charge in [-0.25, -0.2) is 38.9 Å². The molecule has 0 radical (unpaired) electrons. The number of ether oxygens (including phenoxy) is 6. The van der Waals surface area contributed by atoms with E-state index in [1.165, 1.54) is 82.8 Å². The normalized spacial score (nSPS) is 29.7. The predicted molar refractivity (Wildman–Crippen MR) is 447 cm³/mol. The van der Waals surface area contributed by atoms with E-state index in [-0.39, 0.29) is 70.5 Å². The number of nitrogens with one attached hydrogen (secondary N) is 5. The Morgan fingerprint density at radius 3 is 0.846 bits per heavy atom. The predicted octanol–water partition coefficient (Wildman–Crippen LogP) is 0.178. The Balaban J connectivity index is 0.702. The quantitative estimate of drug-likeness (QED) is 0.0236. The van der Waals surface area contributed by atoms with E-state index < -0.39 is 253 Å². The number of rotatable bonds is 35. The molecule has 6 aliphatic heterocycles. The fraction of sp³-hybridized carbons (Fsp3) is 0.597. The Hall–Kier alpha value is -5.31. The van der Waals surface area contributed by atoms with Crippen LogP contribution in [0.4, 0.5) is 5.82 Å². The first-order chi connectivity index (χ1) is 57.7. The molecule has 6 unspecified atom stereocenters. The van der Waals surface area contributed by atoms with Crippen molar-refractivity contribution in [3.63, 3.8) is 0 Å². The van der Waals surface area contributed by atoms with Gasteiger partial charge in [0.1, 0.15) is 79.7 Å². The molecule has 0 aliphatic carbocycles. The third kappa shape index (κ3) is 22.9. The van der Waals surface area contributed by atoms with Crippen LogP contribution >= 0.6 is 40.3 Å².